The molecule has 86 valence electrons. The number of hydrogen-bond donors (Lipinski definition) is 2. The number of nitrogens with one attached hydrogen (secondary N) is 1. The van der Waals surface area contributed by atoms with E-state index in [1.807, 2.05) is 0 Å². The van der Waals surface area contributed by atoms with Crippen molar-refractivity contribution < 1.29 is 14.6 Å². The van der Waals surface area contributed by atoms with E-state index >= 15 is 0 Å². The topological polar surface area (TPSA) is 58.6 Å². The second kappa shape index (κ2) is 4.94. The Morgan fingerprint density at radius 3 is 2.87 bits per heavy atom. The van der Waals surface area contributed by atoms with Gasteiger partial charge in [0.15, 0.2) is 0 Å². The number of aliphatic hydroxyl groups is 1. The molecule has 1 saturated heterocycles. The molecule has 0 aromatic heterocycles. The maximum atomic E-state index is 11.7. The largest absolute Gasteiger partial charge is 0.396 e. The van der Waals surface area contributed by atoms with Crippen molar-refractivity contribution in [3.63, 3.8) is 0 Å². The summed E-state index contributed by atoms with van der Waals surface area (Å²) in [5, 5.41) is 12.1. The molecule has 0 aromatic carbocycles. The van der Waals surface area contributed by atoms with E-state index in [4.69, 9.17) is 9.84 Å². The first-order valence-electron chi connectivity index (χ1n) is 5.84. The summed E-state index contributed by atoms with van der Waals surface area (Å²) in [5.74, 6) is 0.258. The number of carbonyl (C=O) groups is 1. The summed E-state index contributed by atoms with van der Waals surface area (Å²) >= 11 is 0. The average Bonchev–Trinajstić information content (AvgIpc) is 2.87. The highest BCUT2D eigenvalue weighted by Crippen LogP contribution is 2.25. The molecule has 1 aliphatic heterocycles. The summed E-state index contributed by atoms with van der Waals surface area (Å²) in [7, 11) is 0. The van der Waals surface area contributed by atoms with Crippen molar-refractivity contribution in [1.29, 1.82) is 0 Å². The third kappa shape index (κ3) is 2.49. The Morgan fingerprint density at radius 1 is 1.33 bits per heavy atom. The molecule has 0 spiro atoms. The zero-order valence-electron chi connectivity index (χ0n) is 8.95. The van der Waals surface area contributed by atoms with Gasteiger partial charge in [-0.05, 0) is 25.7 Å². The number of ether oxygens (including phenoxy) is 1. The molecule has 4 nitrogen and oxygen atoms in total. The number of aliphatic hydroxyl groups excluding tert-OH is 1. The summed E-state index contributed by atoms with van der Waals surface area (Å²) in [5.41, 5.74) is 0. The van der Waals surface area contributed by atoms with Gasteiger partial charge in [-0.15, -0.1) is 0 Å². The maximum Gasteiger partial charge on any atom is 0.249 e. The van der Waals surface area contributed by atoms with Crippen molar-refractivity contribution in [2.24, 2.45) is 5.92 Å². The average molecular weight is 213 g/mol. The zero-order valence-corrected chi connectivity index (χ0v) is 8.95. The molecular formula is C11H19NO3. The van der Waals surface area contributed by atoms with E-state index in [-0.39, 0.29) is 30.6 Å². The summed E-state index contributed by atoms with van der Waals surface area (Å²) in [6.07, 6.45) is 4.68. The van der Waals surface area contributed by atoms with E-state index in [0.29, 0.717) is 6.61 Å². The van der Waals surface area contributed by atoms with Gasteiger partial charge in [-0.2, -0.15) is 0 Å². The van der Waals surface area contributed by atoms with Crippen LogP contribution in [0.1, 0.15) is 32.1 Å². The Kier molecular flexibility index (Phi) is 3.59. The number of amides is 1. The van der Waals surface area contributed by atoms with Gasteiger partial charge in [0.05, 0.1) is 0 Å². The van der Waals surface area contributed by atoms with Crippen LogP contribution in [0.5, 0.6) is 0 Å². The third-order valence-corrected chi connectivity index (χ3v) is 3.44. The van der Waals surface area contributed by atoms with Crippen LogP contribution in [0.25, 0.3) is 0 Å². The number of carbonyl (C=O) groups excluding carboxylic acids is 1. The molecule has 0 bridgehead atoms. The Balaban J connectivity index is 1.82. The Bertz CT molecular complexity index is 226. The molecule has 1 saturated carbocycles. The summed E-state index contributed by atoms with van der Waals surface area (Å²) in [4.78, 5) is 11.7. The second-order valence-corrected chi connectivity index (χ2v) is 4.49. The molecule has 1 aliphatic carbocycles. The van der Waals surface area contributed by atoms with Crippen LogP contribution in [0.4, 0.5) is 0 Å². The lowest BCUT2D eigenvalue weighted by Crippen LogP contribution is -2.43. The minimum Gasteiger partial charge on any atom is -0.396 e. The molecule has 1 heterocycles. The van der Waals surface area contributed by atoms with Gasteiger partial charge in [-0.1, -0.05) is 6.42 Å². The number of rotatable bonds is 3. The van der Waals surface area contributed by atoms with Crippen LogP contribution in [0.15, 0.2) is 0 Å². The van der Waals surface area contributed by atoms with Crippen molar-refractivity contribution in [2.45, 2.75) is 44.2 Å². The first-order valence-corrected chi connectivity index (χ1v) is 5.84. The highest BCUT2D eigenvalue weighted by molar-refractivity contribution is 5.81. The van der Waals surface area contributed by atoms with Gasteiger partial charge in [0.25, 0.3) is 0 Å². The maximum absolute atomic E-state index is 11.7. The molecule has 0 radical (unpaired) electrons. The standard InChI is InChI=1S/C11H19NO3/c13-7-8-3-1-4-9(8)12-11(14)10-5-2-6-15-10/h8-10,13H,1-7H2,(H,12,14)/t8?,9?,10-/m0/s1. The minimum atomic E-state index is -0.245. The molecule has 2 N–H and O–H groups in total. The van der Waals surface area contributed by atoms with Gasteiger partial charge < -0.3 is 15.2 Å². The smallest absolute Gasteiger partial charge is 0.249 e. The predicted octanol–water partition coefficient (Wildman–Crippen LogP) is 0.443. The summed E-state index contributed by atoms with van der Waals surface area (Å²) in [6.45, 7) is 0.878. The summed E-state index contributed by atoms with van der Waals surface area (Å²) in [6, 6.07) is 0.159. The summed E-state index contributed by atoms with van der Waals surface area (Å²) < 4.78 is 5.32. The first kappa shape index (κ1) is 10.9. The van der Waals surface area contributed by atoms with Crippen molar-refractivity contribution in [2.75, 3.05) is 13.2 Å². The van der Waals surface area contributed by atoms with Crippen LogP contribution in [0.3, 0.4) is 0 Å². The monoisotopic (exact) mass is 213 g/mol. The SMILES string of the molecule is O=C(NC1CCCC1CO)[C@@H]1CCCO1. The molecule has 15 heavy (non-hydrogen) atoms. The van der Waals surface area contributed by atoms with Crippen LogP contribution in [-0.4, -0.2) is 36.4 Å². The molecule has 2 unspecified atom stereocenters. The van der Waals surface area contributed by atoms with Gasteiger partial charge in [0, 0.05) is 25.2 Å². The first-order chi connectivity index (χ1) is 7.31. The molecule has 2 rings (SSSR count). The highest BCUT2D eigenvalue weighted by atomic mass is 16.5. The van der Waals surface area contributed by atoms with E-state index in [9.17, 15) is 4.79 Å². The van der Waals surface area contributed by atoms with Crippen LogP contribution < -0.4 is 5.32 Å². The van der Waals surface area contributed by atoms with Gasteiger partial charge in [-0.25, -0.2) is 0 Å². The van der Waals surface area contributed by atoms with Crippen LogP contribution in [0.2, 0.25) is 0 Å². The fourth-order valence-electron chi connectivity index (χ4n) is 2.51. The van der Waals surface area contributed by atoms with E-state index in [0.717, 1.165) is 32.1 Å². The second-order valence-electron chi connectivity index (χ2n) is 4.49. The molecule has 4 heteroatoms. The lowest BCUT2D eigenvalue weighted by atomic mass is 10.0. The molecule has 0 aromatic rings. The van der Waals surface area contributed by atoms with Crippen molar-refractivity contribution in [1.82, 2.24) is 5.32 Å². The Labute approximate surface area is 90.0 Å². The number of hydrogen-bond acceptors (Lipinski definition) is 3. The fraction of sp³-hybridized carbons (Fsp3) is 0.909. The third-order valence-electron chi connectivity index (χ3n) is 3.44. The van der Waals surface area contributed by atoms with E-state index < -0.39 is 0 Å². The van der Waals surface area contributed by atoms with Crippen LogP contribution in [0, 0.1) is 5.92 Å². The van der Waals surface area contributed by atoms with E-state index in [1.165, 1.54) is 0 Å². The highest BCUT2D eigenvalue weighted by Gasteiger charge is 2.31. The van der Waals surface area contributed by atoms with Gasteiger partial charge in [-0.3, -0.25) is 4.79 Å². The Morgan fingerprint density at radius 2 is 2.20 bits per heavy atom. The lowest BCUT2D eigenvalue weighted by Gasteiger charge is -2.20. The molecule has 1 amide bonds. The fourth-order valence-corrected chi connectivity index (χ4v) is 2.51. The van der Waals surface area contributed by atoms with Gasteiger partial charge in [0.2, 0.25) is 5.91 Å². The zero-order chi connectivity index (χ0) is 10.7. The van der Waals surface area contributed by atoms with E-state index in [1.54, 1.807) is 0 Å². The normalized spacial score (nSPS) is 35.7. The Hall–Kier alpha value is -0.610. The predicted molar refractivity (Wildman–Crippen MR) is 55.3 cm³/mol. The van der Waals surface area contributed by atoms with E-state index in [2.05, 4.69) is 5.32 Å². The quantitative estimate of drug-likeness (QED) is 0.715. The molecular weight excluding hydrogens is 194 g/mol. The van der Waals surface area contributed by atoms with Crippen molar-refractivity contribution >= 4 is 5.91 Å². The minimum absolute atomic E-state index is 0.0119. The lowest BCUT2D eigenvalue weighted by molar-refractivity contribution is -0.131. The van der Waals surface area contributed by atoms with Gasteiger partial charge >= 0.3 is 0 Å². The van der Waals surface area contributed by atoms with Gasteiger partial charge in [0.1, 0.15) is 6.10 Å². The molecule has 2 aliphatic rings. The molecule has 3 atom stereocenters. The van der Waals surface area contributed by atoms with Crippen molar-refractivity contribution in [3.8, 4) is 0 Å². The van der Waals surface area contributed by atoms with Crippen LogP contribution in [-0.2, 0) is 9.53 Å². The van der Waals surface area contributed by atoms with Crippen LogP contribution >= 0.6 is 0 Å². The molecule has 2 fully saturated rings. The van der Waals surface area contributed by atoms with Crippen molar-refractivity contribution in [3.05, 3.63) is 0 Å².